The van der Waals surface area contributed by atoms with E-state index >= 15 is 0 Å². The van der Waals surface area contributed by atoms with Crippen LogP contribution in [-0.2, 0) is 0 Å². The SMILES string of the molecule is Cc1ccoc1C(=O)N(C)CCC(N)C(C)C. The Morgan fingerprint density at radius 2 is 2.18 bits per heavy atom. The second-order valence-electron chi connectivity index (χ2n) is 4.86. The fourth-order valence-corrected chi connectivity index (χ4v) is 1.54. The predicted octanol–water partition coefficient (Wildman–Crippen LogP) is 2.03. The predicted molar refractivity (Wildman–Crippen MR) is 67.8 cm³/mol. The van der Waals surface area contributed by atoms with Crippen LogP contribution in [0, 0.1) is 12.8 Å². The van der Waals surface area contributed by atoms with Crippen molar-refractivity contribution in [3.05, 3.63) is 23.7 Å². The molecule has 0 radical (unpaired) electrons. The molecule has 2 N–H and O–H groups in total. The molecule has 1 aromatic rings. The van der Waals surface area contributed by atoms with Gasteiger partial charge in [0.05, 0.1) is 6.26 Å². The van der Waals surface area contributed by atoms with Gasteiger partial charge in [0.2, 0.25) is 0 Å². The summed E-state index contributed by atoms with van der Waals surface area (Å²) in [6.45, 7) is 6.69. The lowest BCUT2D eigenvalue weighted by atomic mass is 10.0. The van der Waals surface area contributed by atoms with Crippen molar-refractivity contribution in [2.45, 2.75) is 33.2 Å². The first kappa shape index (κ1) is 13.8. The molecular formula is C13H22N2O2. The highest BCUT2D eigenvalue weighted by Gasteiger charge is 2.18. The third-order valence-corrected chi connectivity index (χ3v) is 3.06. The van der Waals surface area contributed by atoms with E-state index in [1.807, 2.05) is 6.92 Å². The van der Waals surface area contributed by atoms with Crippen molar-refractivity contribution in [3.63, 3.8) is 0 Å². The van der Waals surface area contributed by atoms with Crippen LogP contribution < -0.4 is 5.73 Å². The van der Waals surface area contributed by atoms with E-state index in [4.69, 9.17) is 10.2 Å². The maximum Gasteiger partial charge on any atom is 0.289 e. The molecule has 0 aromatic carbocycles. The molecule has 17 heavy (non-hydrogen) atoms. The average Bonchev–Trinajstić information content (AvgIpc) is 2.70. The van der Waals surface area contributed by atoms with Crippen LogP contribution in [0.1, 0.15) is 36.4 Å². The molecular weight excluding hydrogens is 216 g/mol. The molecule has 1 heterocycles. The maximum atomic E-state index is 12.0. The zero-order valence-electron chi connectivity index (χ0n) is 11.1. The largest absolute Gasteiger partial charge is 0.459 e. The van der Waals surface area contributed by atoms with Crippen LogP contribution in [0.4, 0.5) is 0 Å². The number of hydrogen-bond acceptors (Lipinski definition) is 3. The number of rotatable bonds is 5. The highest BCUT2D eigenvalue weighted by atomic mass is 16.3. The normalized spacial score (nSPS) is 12.8. The summed E-state index contributed by atoms with van der Waals surface area (Å²) in [6.07, 6.45) is 2.34. The van der Waals surface area contributed by atoms with Crippen molar-refractivity contribution in [1.29, 1.82) is 0 Å². The van der Waals surface area contributed by atoms with Gasteiger partial charge in [-0.3, -0.25) is 4.79 Å². The summed E-state index contributed by atoms with van der Waals surface area (Å²) in [5, 5.41) is 0. The van der Waals surface area contributed by atoms with Crippen LogP contribution in [-0.4, -0.2) is 30.4 Å². The first-order valence-electron chi connectivity index (χ1n) is 5.98. The van der Waals surface area contributed by atoms with Gasteiger partial charge in [-0.15, -0.1) is 0 Å². The quantitative estimate of drug-likeness (QED) is 0.854. The van der Waals surface area contributed by atoms with E-state index in [0.717, 1.165) is 12.0 Å². The van der Waals surface area contributed by atoms with Crippen LogP contribution >= 0.6 is 0 Å². The number of carbonyl (C=O) groups is 1. The van der Waals surface area contributed by atoms with Crippen LogP contribution in [0.25, 0.3) is 0 Å². The van der Waals surface area contributed by atoms with Gasteiger partial charge in [0, 0.05) is 25.2 Å². The van der Waals surface area contributed by atoms with Crippen molar-refractivity contribution in [1.82, 2.24) is 4.90 Å². The van der Waals surface area contributed by atoms with Gasteiger partial charge in [0.15, 0.2) is 5.76 Å². The number of carbonyl (C=O) groups excluding carboxylic acids is 1. The Kier molecular flexibility index (Phi) is 4.75. The van der Waals surface area contributed by atoms with Gasteiger partial charge in [-0.1, -0.05) is 13.8 Å². The molecule has 0 bridgehead atoms. The summed E-state index contributed by atoms with van der Waals surface area (Å²) in [7, 11) is 1.78. The molecule has 0 saturated carbocycles. The Bertz CT molecular complexity index is 371. The highest BCUT2D eigenvalue weighted by molar-refractivity contribution is 5.92. The summed E-state index contributed by atoms with van der Waals surface area (Å²) in [4.78, 5) is 13.7. The molecule has 1 amide bonds. The van der Waals surface area contributed by atoms with Crippen molar-refractivity contribution in [2.24, 2.45) is 11.7 Å². The van der Waals surface area contributed by atoms with E-state index in [1.54, 1.807) is 18.0 Å². The standard InChI is InChI=1S/C13H22N2O2/c1-9(2)11(14)5-7-15(4)13(16)12-10(3)6-8-17-12/h6,8-9,11H,5,7,14H2,1-4H3. The Hall–Kier alpha value is -1.29. The number of nitrogens with two attached hydrogens (primary N) is 1. The molecule has 1 unspecified atom stereocenters. The van der Waals surface area contributed by atoms with E-state index in [9.17, 15) is 4.79 Å². The fraction of sp³-hybridized carbons (Fsp3) is 0.615. The molecule has 0 aliphatic carbocycles. The van der Waals surface area contributed by atoms with Gasteiger partial charge in [-0.2, -0.15) is 0 Å². The highest BCUT2D eigenvalue weighted by Crippen LogP contribution is 2.12. The third kappa shape index (κ3) is 3.60. The third-order valence-electron chi connectivity index (χ3n) is 3.06. The Morgan fingerprint density at radius 3 is 2.65 bits per heavy atom. The molecule has 1 atom stereocenters. The summed E-state index contributed by atoms with van der Waals surface area (Å²) in [6, 6.07) is 1.92. The number of aryl methyl sites for hydroxylation is 1. The second-order valence-corrected chi connectivity index (χ2v) is 4.86. The first-order chi connectivity index (χ1) is 7.93. The van der Waals surface area contributed by atoms with Crippen molar-refractivity contribution >= 4 is 5.91 Å². The number of nitrogens with zero attached hydrogens (tertiary/aromatic N) is 1. The van der Waals surface area contributed by atoms with Crippen LogP contribution in [0.5, 0.6) is 0 Å². The van der Waals surface area contributed by atoms with Crippen LogP contribution in [0.2, 0.25) is 0 Å². The molecule has 96 valence electrons. The minimum absolute atomic E-state index is 0.0801. The molecule has 4 nitrogen and oxygen atoms in total. The van der Waals surface area contributed by atoms with Crippen molar-refractivity contribution in [3.8, 4) is 0 Å². The minimum Gasteiger partial charge on any atom is -0.459 e. The molecule has 0 aliphatic rings. The van der Waals surface area contributed by atoms with Gasteiger partial charge in [0.25, 0.3) is 5.91 Å². The fourth-order valence-electron chi connectivity index (χ4n) is 1.54. The summed E-state index contributed by atoms with van der Waals surface area (Å²) < 4.78 is 5.18. The topological polar surface area (TPSA) is 59.5 Å². The smallest absolute Gasteiger partial charge is 0.289 e. The Morgan fingerprint density at radius 1 is 1.53 bits per heavy atom. The molecule has 1 aromatic heterocycles. The van der Waals surface area contributed by atoms with E-state index in [-0.39, 0.29) is 11.9 Å². The zero-order valence-corrected chi connectivity index (χ0v) is 11.1. The first-order valence-corrected chi connectivity index (χ1v) is 5.98. The summed E-state index contributed by atoms with van der Waals surface area (Å²) >= 11 is 0. The zero-order chi connectivity index (χ0) is 13.0. The van der Waals surface area contributed by atoms with E-state index in [2.05, 4.69) is 13.8 Å². The molecule has 0 fully saturated rings. The van der Waals surface area contributed by atoms with Gasteiger partial charge >= 0.3 is 0 Å². The summed E-state index contributed by atoms with van der Waals surface area (Å²) in [5.74, 6) is 0.776. The maximum absolute atomic E-state index is 12.0. The van der Waals surface area contributed by atoms with Crippen LogP contribution in [0.15, 0.2) is 16.7 Å². The lowest BCUT2D eigenvalue weighted by molar-refractivity contribution is 0.0756. The summed E-state index contributed by atoms with van der Waals surface area (Å²) in [5.41, 5.74) is 6.82. The Balaban J connectivity index is 2.51. The molecule has 1 rings (SSSR count). The molecule has 4 heteroatoms. The average molecular weight is 238 g/mol. The van der Waals surface area contributed by atoms with E-state index < -0.39 is 0 Å². The molecule has 0 aliphatic heterocycles. The van der Waals surface area contributed by atoms with Crippen molar-refractivity contribution in [2.75, 3.05) is 13.6 Å². The van der Waals surface area contributed by atoms with Gasteiger partial charge in [-0.25, -0.2) is 0 Å². The van der Waals surface area contributed by atoms with Gasteiger partial charge < -0.3 is 15.1 Å². The minimum atomic E-state index is -0.0801. The van der Waals surface area contributed by atoms with E-state index in [1.165, 1.54) is 6.26 Å². The van der Waals surface area contributed by atoms with Gasteiger partial charge in [-0.05, 0) is 25.3 Å². The second kappa shape index (κ2) is 5.87. The van der Waals surface area contributed by atoms with Gasteiger partial charge in [0.1, 0.15) is 0 Å². The monoisotopic (exact) mass is 238 g/mol. The Labute approximate surface area is 103 Å². The van der Waals surface area contributed by atoms with Crippen LogP contribution in [0.3, 0.4) is 0 Å². The molecule has 0 spiro atoms. The van der Waals surface area contributed by atoms with Crippen molar-refractivity contribution < 1.29 is 9.21 Å². The van der Waals surface area contributed by atoms with E-state index in [0.29, 0.717) is 18.2 Å². The molecule has 0 saturated heterocycles. The number of furan rings is 1. The lowest BCUT2D eigenvalue weighted by Crippen LogP contribution is -2.34. The lowest BCUT2D eigenvalue weighted by Gasteiger charge is -2.21. The number of amides is 1. The number of hydrogen-bond donors (Lipinski definition) is 1.